The molecule has 0 nitrogen and oxygen atoms in total. The lowest BCUT2D eigenvalue weighted by Crippen LogP contribution is -2.09. The summed E-state index contributed by atoms with van der Waals surface area (Å²) in [7, 11) is 0. The first-order valence-corrected chi connectivity index (χ1v) is 5.65. The van der Waals surface area contributed by atoms with E-state index in [0.29, 0.717) is 0 Å². The van der Waals surface area contributed by atoms with E-state index < -0.39 is 49.3 Å². The van der Waals surface area contributed by atoms with E-state index in [4.69, 9.17) is 46.4 Å². The first kappa shape index (κ1) is 16.8. The highest BCUT2D eigenvalue weighted by Crippen LogP contribution is 2.43. The van der Waals surface area contributed by atoms with E-state index in [1.165, 1.54) is 0 Å². The Morgan fingerprint density at radius 3 is 1.37 bits per heavy atom. The zero-order valence-electron chi connectivity index (χ0n) is 8.28. The van der Waals surface area contributed by atoms with Crippen LogP contribution in [0.25, 0.3) is 5.03 Å². The fourth-order valence-electron chi connectivity index (χ4n) is 1.03. The van der Waals surface area contributed by atoms with Gasteiger partial charge in [-0.1, -0.05) is 46.4 Å². The molecule has 1 aromatic carbocycles. The van der Waals surface area contributed by atoms with E-state index in [0.717, 1.165) is 0 Å². The van der Waals surface area contributed by atoms with E-state index in [-0.39, 0.29) is 0 Å². The van der Waals surface area contributed by atoms with Crippen LogP contribution in [-0.4, -0.2) is 3.79 Å². The summed E-state index contributed by atoms with van der Waals surface area (Å²) in [5.74, 6) is -13.6. The molecule has 0 aliphatic heterocycles. The second-order valence-corrected chi connectivity index (χ2v) is 5.73. The lowest BCUT2D eigenvalue weighted by atomic mass is 10.1. The molecule has 0 heterocycles. The molecule has 0 unspecified atom stereocenters. The molecule has 0 aliphatic carbocycles. The van der Waals surface area contributed by atoms with Crippen LogP contribution in [0.1, 0.15) is 5.56 Å². The van der Waals surface area contributed by atoms with Gasteiger partial charge in [-0.15, -0.1) is 0 Å². The zero-order valence-corrected chi connectivity index (χ0v) is 11.3. The summed E-state index contributed by atoms with van der Waals surface area (Å²) in [5, 5.41) is -1.53. The third-order valence-electron chi connectivity index (χ3n) is 1.87. The van der Waals surface area contributed by atoms with Crippen LogP contribution in [0.5, 0.6) is 0 Å². The van der Waals surface area contributed by atoms with Gasteiger partial charge < -0.3 is 0 Å². The summed E-state index contributed by atoms with van der Waals surface area (Å²) in [4.78, 5) is 0. The summed E-state index contributed by atoms with van der Waals surface area (Å²) in [6.45, 7) is 0. The van der Waals surface area contributed by atoms with Gasteiger partial charge in [0.15, 0.2) is 29.1 Å². The molecule has 0 radical (unpaired) electrons. The van der Waals surface area contributed by atoms with Crippen molar-refractivity contribution in [2.24, 2.45) is 0 Å². The van der Waals surface area contributed by atoms with Gasteiger partial charge in [0.2, 0.25) is 9.61 Å². The second kappa shape index (κ2) is 5.60. The first-order valence-electron chi connectivity index (χ1n) is 4.14. The lowest BCUT2D eigenvalue weighted by Gasteiger charge is -2.12. The Morgan fingerprint density at radius 1 is 0.737 bits per heavy atom. The summed E-state index contributed by atoms with van der Waals surface area (Å²) in [5.41, 5.74) is -1.72. The second-order valence-electron chi connectivity index (χ2n) is 3.07. The van der Waals surface area contributed by atoms with Crippen molar-refractivity contribution in [3.8, 4) is 0 Å². The molecule has 0 saturated carbocycles. The van der Waals surface area contributed by atoms with Gasteiger partial charge >= 0.3 is 0 Å². The van der Waals surface area contributed by atoms with Crippen LogP contribution in [-0.2, 0) is 0 Å². The molecule has 0 saturated heterocycles. The van der Waals surface area contributed by atoms with Crippen molar-refractivity contribution >= 4 is 51.4 Å². The third kappa shape index (κ3) is 3.07. The van der Waals surface area contributed by atoms with Crippen molar-refractivity contribution < 1.29 is 26.3 Å². The Bertz CT molecular complexity index is 534. The van der Waals surface area contributed by atoms with Crippen molar-refractivity contribution in [3.63, 3.8) is 0 Å². The average Bonchev–Trinajstić information content (AvgIpc) is 2.31. The van der Waals surface area contributed by atoms with Crippen LogP contribution in [0.2, 0.25) is 0 Å². The normalized spacial score (nSPS) is 13.6. The molecule has 106 valence electrons. The van der Waals surface area contributed by atoms with Crippen LogP contribution in [0.3, 0.4) is 0 Å². The van der Waals surface area contributed by atoms with E-state index in [1.54, 1.807) is 0 Å². The van der Waals surface area contributed by atoms with Gasteiger partial charge in [0.25, 0.3) is 0 Å². The topological polar surface area (TPSA) is 0 Å². The molecule has 0 aliphatic rings. The quantitative estimate of drug-likeness (QED) is 0.262. The van der Waals surface area contributed by atoms with E-state index in [1.807, 2.05) is 0 Å². The maximum Gasteiger partial charge on any atom is 0.243 e. The molecule has 1 rings (SSSR count). The summed E-state index contributed by atoms with van der Waals surface area (Å²) >= 11 is 20.3. The number of rotatable bonds is 1. The number of halogens is 10. The average molecular weight is 364 g/mol. The molecular weight excluding hydrogens is 364 g/mol. The number of hydrogen-bond donors (Lipinski definition) is 0. The number of alkyl halides is 3. The zero-order chi connectivity index (χ0) is 15.1. The molecule has 19 heavy (non-hydrogen) atoms. The molecule has 0 spiro atoms. The van der Waals surface area contributed by atoms with Crippen molar-refractivity contribution in [2.75, 3.05) is 0 Å². The molecule has 1 aromatic rings. The predicted molar refractivity (Wildman–Crippen MR) is 60.4 cm³/mol. The minimum Gasteiger partial charge on any atom is -0.205 e. The summed E-state index contributed by atoms with van der Waals surface area (Å²) < 4.78 is 75.6. The monoisotopic (exact) mass is 362 g/mol. The van der Waals surface area contributed by atoms with Crippen LogP contribution in [0, 0.1) is 29.1 Å². The SMILES string of the molecule is F/C(=C(\Cl)c1c(F)c(F)c(F)c(F)c1F)C(Cl)(Cl)Cl. The minimum atomic E-state index is -2.82. The maximum absolute atomic E-state index is 13.4. The van der Waals surface area contributed by atoms with Gasteiger partial charge in [0.1, 0.15) is 0 Å². The van der Waals surface area contributed by atoms with E-state index >= 15 is 0 Å². The van der Waals surface area contributed by atoms with Gasteiger partial charge in [-0.25, -0.2) is 26.3 Å². The molecule has 0 atom stereocenters. The van der Waals surface area contributed by atoms with Gasteiger partial charge in [0, 0.05) is 0 Å². The third-order valence-corrected chi connectivity index (χ3v) is 2.72. The highest BCUT2D eigenvalue weighted by molar-refractivity contribution is 6.70. The highest BCUT2D eigenvalue weighted by atomic mass is 35.6. The molecule has 10 heteroatoms. The summed E-state index contributed by atoms with van der Waals surface area (Å²) in [6.07, 6.45) is 0. The van der Waals surface area contributed by atoms with Crippen molar-refractivity contribution in [3.05, 3.63) is 40.5 Å². The Kier molecular flexibility index (Phi) is 4.93. The number of benzene rings is 1. The maximum atomic E-state index is 13.4. The van der Waals surface area contributed by atoms with Gasteiger partial charge in [-0.2, -0.15) is 0 Å². The Labute approximate surface area is 122 Å². The molecule has 0 aromatic heterocycles. The molecule has 0 bridgehead atoms. The van der Waals surface area contributed by atoms with Crippen LogP contribution < -0.4 is 0 Å². The molecule has 0 amide bonds. The fraction of sp³-hybridized carbons (Fsp3) is 0.111. The molecular formula is C9Cl4F6. The molecule has 0 fully saturated rings. The fourth-order valence-corrected chi connectivity index (χ4v) is 1.77. The number of allylic oxidation sites excluding steroid dienone is 1. The van der Waals surface area contributed by atoms with E-state index in [9.17, 15) is 26.3 Å². The highest BCUT2D eigenvalue weighted by Gasteiger charge is 2.34. The molecule has 0 N–H and O–H groups in total. The van der Waals surface area contributed by atoms with E-state index in [2.05, 4.69) is 0 Å². The van der Waals surface area contributed by atoms with Crippen molar-refractivity contribution in [1.82, 2.24) is 0 Å². The van der Waals surface area contributed by atoms with Crippen molar-refractivity contribution in [2.45, 2.75) is 3.79 Å². The van der Waals surface area contributed by atoms with Gasteiger partial charge in [0.05, 0.1) is 10.6 Å². The van der Waals surface area contributed by atoms with Gasteiger partial charge in [-0.05, 0) is 0 Å². The lowest BCUT2D eigenvalue weighted by molar-refractivity contribution is 0.376. The standard InChI is InChI=1S/C9Cl4F6/c10-2(8(19)9(11,12)13)1-3(14)5(16)7(18)6(17)4(1)15/b8-2-. The summed E-state index contributed by atoms with van der Waals surface area (Å²) in [6, 6.07) is 0. The van der Waals surface area contributed by atoms with Crippen molar-refractivity contribution in [1.29, 1.82) is 0 Å². The Morgan fingerprint density at radius 2 is 1.05 bits per heavy atom. The largest absolute Gasteiger partial charge is 0.243 e. The minimum absolute atomic E-state index is 1.53. The predicted octanol–water partition coefficient (Wildman–Crippen LogP) is 5.63. The van der Waals surface area contributed by atoms with Crippen LogP contribution >= 0.6 is 46.4 Å². The Balaban J connectivity index is 3.71. The Hall–Kier alpha value is -0.300. The van der Waals surface area contributed by atoms with Crippen LogP contribution in [0.15, 0.2) is 5.83 Å². The van der Waals surface area contributed by atoms with Gasteiger partial charge in [-0.3, -0.25) is 0 Å². The number of hydrogen-bond acceptors (Lipinski definition) is 0. The van der Waals surface area contributed by atoms with Crippen LogP contribution in [0.4, 0.5) is 26.3 Å². The first-order chi connectivity index (χ1) is 8.50. The smallest absolute Gasteiger partial charge is 0.205 e.